The van der Waals surface area contributed by atoms with Crippen LogP contribution >= 0.6 is 0 Å². The highest BCUT2D eigenvalue weighted by atomic mass is 16.5. The molecule has 1 atom stereocenters. The minimum Gasteiger partial charge on any atom is -0.481 e. The molecule has 5 rings (SSSR count). The molecule has 5 aromatic rings. The Kier molecular flexibility index (Phi) is 6.36. The first-order chi connectivity index (χ1) is 17.9. The largest absolute Gasteiger partial charge is 0.481 e. The van der Waals surface area contributed by atoms with Crippen molar-refractivity contribution < 1.29 is 18.7 Å². The first-order valence-corrected chi connectivity index (χ1v) is 11.9. The molecule has 0 aliphatic carbocycles. The third-order valence-electron chi connectivity index (χ3n) is 6.33. The molecular weight excluding hydrogens is 468 g/mol. The minimum absolute atomic E-state index is 0.128. The molecule has 0 radical (unpaired) electrons. The van der Waals surface area contributed by atoms with Crippen LogP contribution in [0.3, 0.4) is 0 Å². The van der Waals surface area contributed by atoms with Crippen LogP contribution in [0.1, 0.15) is 34.5 Å². The number of hydrogen-bond donors (Lipinski definition) is 1. The van der Waals surface area contributed by atoms with Crippen molar-refractivity contribution in [3.05, 3.63) is 99.7 Å². The van der Waals surface area contributed by atoms with Crippen molar-refractivity contribution in [3.8, 4) is 17.2 Å². The summed E-state index contributed by atoms with van der Waals surface area (Å²) in [7, 11) is 2.93. The average molecular weight is 495 g/mol. The van der Waals surface area contributed by atoms with Crippen LogP contribution < -0.4 is 15.5 Å². The SMILES string of the molecule is COC(=O)c1ccccc1N[C@H](C)c1cc(C)cc2c(=O)cc(-c3ccc4nc(OC)ccc4c3)oc12. The van der Waals surface area contributed by atoms with Crippen molar-refractivity contribution in [1.82, 2.24) is 4.98 Å². The first-order valence-electron chi connectivity index (χ1n) is 11.9. The van der Waals surface area contributed by atoms with Gasteiger partial charge in [0.15, 0.2) is 5.43 Å². The number of pyridine rings is 1. The summed E-state index contributed by atoms with van der Waals surface area (Å²) in [6.45, 7) is 3.90. The Bertz CT molecular complexity index is 1710. The number of methoxy groups -OCH3 is 2. The number of fused-ring (bicyclic) bond motifs is 2. The number of nitrogens with zero attached hydrogens (tertiary/aromatic N) is 1. The van der Waals surface area contributed by atoms with E-state index in [1.165, 1.54) is 13.2 Å². The molecule has 37 heavy (non-hydrogen) atoms. The zero-order valence-electron chi connectivity index (χ0n) is 21.0. The molecule has 0 fully saturated rings. The quantitative estimate of drug-likeness (QED) is 0.278. The molecule has 186 valence electrons. The van der Waals surface area contributed by atoms with E-state index < -0.39 is 5.97 Å². The molecule has 2 aromatic heterocycles. The van der Waals surface area contributed by atoms with Gasteiger partial charge in [-0.2, -0.15) is 0 Å². The van der Waals surface area contributed by atoms with Crippen LogP contribution in [0.5, 0.6) is 5.88 Å². The van der Waals surface area contributed by atoms with Crippen LogP contribution in [-0.2, 0) is 4.74 Å². The van der Waals surface area contributed by atoms with E-state index in [9.17, 15) is 9.59 Å². The van der Waals surface area contributed by atoms with Crippen LogP contribution in [0.4, 0.5) is 5.69 Å². The smallest absolute Gasteiger partial charge is 0.339 e. The van der Waals surface area contributed by atoms with Gasteiger partial charge in [-0.3, -0.25) is 4.79 Å². The van der Waals surface area contributed by atoms with E-state index in [0.717, 1.165) is 27.6 Å². The number of nitrogens with one attached hydrogen (secondary N) is 1. The summed E-state index contributed by atoms with van der Waals surface area (Å²) in [6, 6.07) is 21.6. The number of hydrogen-bond acceptors (Lipinski definition) is 7. The van der Waals surface area contributed by atoms with Crippen molar-refractivity contribution >= 4 is 33.5 Å². The lowest BCUT2D eigenvalue weighted by atomic mass is 10.00. The van der Waals surface area contributed by atoms with Gasteiger partial charge in [0.2, 0.25) is 5.88 Å². The van der Waals surface area contributed by atoms with Gasteiger partial charge in [-0.15, -0.1) is 0 Å². The number of rotatable bonds is 6. The van der Waals surface area contributed by atoms with Crippen molar-refractivity contribution in [2.45, 2.75) is 19.9 Å². The Morgan fingerprint density at radius 3 is 2.59 bits per heavy atom. The molecule has 0 unspecified atom stereocenters. The molecule has 0 bridgehead atoms. The molecule has 1 N–H and O–H groups in total. The summed E-state index contributed by atoms with van der Waals surface area (Å²) >= 11 is 0. The van der Waals surface area contributed by atoms with Gasteiger partial charge in [0.05, 0.1) is 36.7 Å². The standard InChI is InChI=1S/C30H26N2O5/c1-17-13-22(18(2)31-25-8-6-5-7-21(25)30(34)36-4)29-23(14-17)26(33)16-27(37-29)20-9-11-24-19(15-20)10-12-28(32-24)35-3/h5-16,18,31H,1-4H3/t18-/m1/s1. The number of carbonyl (C=O) groups excluding carboxylic acids is 1. The lowest BCUT2D eigenvalue weighted by Gasteiger charge is -2.19. The Morgan fingerprint density at radius 2 is 1.81 bits per heavy atom. The van der Waals surface area contributed by atoms with Crippen molar-refractivity contribution in [3.63, 3.8) is 0 Å². The second-order valence-electron chi connectivity index (χ2n) is 8.87. The molecule has 2 heterocycles. The highest BCUT2D eigenvalue weighted by molar-refractivity contribution is 5.95. The topological polar surface area (TPSA) is 90.7 Å². The van der Waals surface area contributed by atoms with E-state index in [4.69, 9.17) is 13.9 Å². The van der Waals surface area contributed by atoms with Crippen LogP contribution in [0.25, 0.3) is 33.2 Å². The average Bonchev–Trinajstić information content (AvgIpc) is 2.92. The van der Waals surface area contributed by atoms with Crippen LogP contribution in [-0.4, -0.2) is 25.2 Å². The van der Waals surface area contributed by atoms with Gasteiger partial charge >= 0.3 is 5.97 Å². The van der Waals surface area contributed by atoms with Crippen LogP contribution in [0.15, 0.2) is 82.0 Å². The molecule has 0 saturated carbocycles. The number of para-hydroxylation sites is 1. The van der Waals surface area contributed by atoms with Crippen LogP contribution in [0.2, 0.25) is 0 Å². The predicted molar refractivity (Wildman–Crippen MR) is 144 cm³/mol. The highest BCUT2D eigenvalue weighted by Crippen LogP contribution is 2.32. The van der Waals surface area contributed by atoms with Crippen molar-refractivity contribution in [1.29, 1.82) is 0 Å². The van der Waals surface area contributed by atoms with Crippen molar-refractivity contribution in [2.75, 3.05) is 19.5 Å². The third-order valence-corrected chi connectivity index (χ3v) is 6.33. The summed E-state index contributed by atoms with van der Waals surface area (Å²) in [5.74, 6) is 0.567. The number of anilines is 1. The fraction of sp³-hybridized carbons (Fsp3) is 0.167. The molecule has 0 saturated heterocycles. The second kappa shape index (κ2) is 9.78. The molecule has 0 aliphatic rings. The summed E-state index contributed by atoms with van der Waals surface area (Å²) in [5, 5.41) is 4.80. The van der Waals surface area contributed by atoms with Gasteiger partial charge in [0.25, 0.3) is 0 Å². The van der Waals surface area contributed by atoms with E-state index in [1.54, 1.807) is 25.3 Å². The number of esters is 1. The summed E-state index contributed by atoms with van der Waals surface area (Å²) in [5.41, 5.74) is 4.72. The summed E-state index contributed by atoms with van der Waals surface area (Å²) in [4.78, 5) is 29.9. The Morgan fingerprint density at radius 1 is 1.00 bits per heavy atom. The Balaban J connectivity index is 1.60. The van der Waals surface area contributed by atoms with Gasteiger partial charge in [-0.05, 0) is 61.9 Å². The van der Waals surface area contributed by atoms with E-state index >= 15 is 0 Å². The van der Waals surface area contributed by atoms with E-state index in [-0.39, 0.29) is 11.5 Å². The van der Waals surface area contributed by atoms with E-state index in [0.29, 0.717) is 33.9 Å². The Labute approximate surface area is 213 Å². The molecule has 0 amide bonds. The number of ether oxygens (including phenoxy) is 2. The molecule has 7 nitrogen and oxygen atoms in total. The van der Waals surface area contributed by atoms with Gasteiger partial charge in [0.1, 0.15) is 11.3 Å². The molecule has 7 heteroatoms. The fourth-order valence-electron chi connectivity index (χ4n) is 4.48. The molecule has 0 aliphatic heterocycles. The molecule has 0 spiro atoms. The zero-order valence-corrected chi connectivity index (χ0v) is 21.0. The maximum absolute atomic E-state index is 13.2. The normalized spacial score (nSPS) is 11.9. The van der Waals surface area contributed by atoms with Gasteiger partial charge in [-0.1, -0.05) is 18.2 Å². The molecule has 3 aromatic carbocycles. The second-order valence-corrected chi connectivity index (χ2v) is 8.87. The fourth-order valence-corrected chi connectivity index (χ4v) is 4.48. The molecular formula is C30H26N2O5. The number of benzene rings is 3. The lowest BCUT2D eigenvalue weighted by molar-refractivity contribution is 0.0602. The van der Waals surface area contributed by atoms with E-state index in [2.05, 4.69) is 10.3 Å². The summed E-state index contributed by atoms with van der Waals surface area (Å²) in [6.07, 6.45) is 0. The van der Waals surface area contributed by atoms with Gasteiger partial charge in [-0.25, -0.2) is 9.78 Å². The first kappa shape index (κ1) is 24.1. The highest BCUT2D eigenvalue weighted by Gasteiger charge is 2.19. The number of carbonyl (C=O) groups is 1. The zero-order chi connectivity index (χ0) is 26.1. The lowest BCUT2D eigenvalue weighted by Crippen LogP contribution is -2.13. The number of aromatic nitrogens is 1. The Hall–Kier alpha value is -4.65. The minimum atomic E-state index is -0.429. The summed E-state index contributed by atoms with van der Waals surface area (Å²) < 4.78 is 16.5. The van der Waals surface area contributed by atoms with Crippen LogP contribution in [0, 0.1) is 6.92 Å². The van der Waals surface area contributed by atoms with E-state index in [1.807, 2.05) is 62.4 Å². The maximum Gasteiger partial charge on any atom is 0.339 e. The maximum atomic E-state index is 13.2. The number of aryl methyl sites for hydroxylation is 1. The monoisotopic (exact) mass is 494 g/mol. The predicted octanol–water partition coefficient (Wildman–Crippen LogP) is 6.28. The van der Waals surface area contributed by atoms with Crippen molar-refractivity contribution in [2.24, 2.45) is 0 Å². The third kappa shape index (κ3) is 4.63. The van der Waals surface area contributed by atoms with Gasteiger partial charge in [0, 0.05) is 34.3 Å². The van der Waals surface area contributed by atoms with Gasteiger partial charge < -0.3 is 19.2 Å².